The number of nitrogens with zero attached hydrogens (tertiary/aromatic N) is 4. The molecule has 1 fully saturated rings. The number of hydrogen-bond donors (Lipinski definition) is 0. The molecule has 3 aromatic heterocycles. The van der Waals surface area contributed by atoms with E-state index in [0.717, 1.165) is 52.9 Å². The Morgan fingerprint density at radius 3 is 2.77 bits per heavy atom. The second kappa shape index (κ2) is 8.22. The highest BCUT2D eigenvalue weighted by atomic mass is 79.9. The van der Waals surface area contributed by atoms with Gasteiger partial charge in [0.2, 0.25) is 0 Å². The molecular formula is C22H31BrN4O2Si. The molecule has 4 heterocycles. The number of hydrogen-bond acceptors (Lipinski definition) is 4. The molecule has 4 rings (SSSR count). The minimum Gasteiger partial charge on any atom is -0.411 e. The van der Waals surface area contributed by atoms with Crippen molar-refractivity contribution in [3.05, 3.63) is 40.9 Å². The van der Waals surface area contributed by atoms with Crippen LogP contribution in [-0.4, -0.2) is 34.1 Å². The fourth-order valence-electron chi connectivity index (χ4n) is 3.52. The fourth-order valence-corrected chi connectivity index (χ4v) is 4.91. The van der Waals surface area contributed by atoms with E-state index in [1.54, 1.807) is 0 Å². The van der Waals surface area contributed by atoms with Crippen molar-refractivity contribution < 1.29 is 9.16 Å². The van der Waals surface area contributed by atoms with Gasteiger partial charge in [-0.15, -0.1) is 0 Å². The van der Waals surface area contributed by atoms with Gasteiger partial charge in [-0.25, -0.2) is 9.67 Å². The second-order valence-electron chi connectivity index (χ2n) is 9.57. The molecule has 30 heavy (non-hydrogen) atoms. The van der Waals surface area contributed by atoms with Crippen LogP contribution >= 0.6 is 15.9 Å². The van der Waals surface area contributed by atoms with Gasteiger partial charge >= 0.3 is 0 Å². The molecular weight excluding hydrogens is 460 g/mol. The smallest absolute Gasteiger partial charge is 0.192 e. The topological polar surface area (TPSA) is 53.6 Å². The molecule has 1 atom stereocenters. The lowest BCUT2D eigenvalue weighted by Crippen LogP contribution is -2.40. The van der Waals surface area contributed by atoms with E-state index in [1.165, 1.54) is 0 Å². The van der Waals surface area contributed by atoms with Gasteiger partial charge in [0.1, 0.15) is 5.65 Å². The number of imidazole rings is 1. The molecule has 0 saturated carbocycles. The Kier molecular flexibility index (Phi) is 5.96. The molecule has 0 amide bonds. The van der Waals surface area contributed by atoms with Crippen molar-refractivity contribution >= 4 is 29.9 Å². The van der Waals surface area contributed by atoms with Gasteiger partial charge < -0.3 is 13.6 Å². The van der Waals surface area contributed by atoms with Gasteiger partial charge in [0, 0.05) is 35.2 Å². The van der Waals surface area contributed by atoms with Crippen molar-refractivity contribution in [1.29, 1.82) is 0 Å². The molecule has 6 nitrogen and oxygen atoms in total. The van der Waals surface area contributed by atoms with E-state index in [4.69, 9.17) is 14.1 Å². The summed E-state index contributed by atoms with van der Waals surface area (Å²) in [6.07, 6.45) is 9.20. The molecule has 162 valence electrons. The van der Waals surface area contributed by atoms with Crippen LogP contribution in [0.25, 0.3) is 16.9 Å². The molecule has 0 bridgehead atoms. The summed E-state index contributed by atoms with van der Waals surface area (Å²) in [7, 11) is -1.83. The van der Waals surface area contributed by atoms with E-state index in [2.05, 4.69) is 71.6 Å². The molecule has 0 radical (unpaired) electrons. The zero-order valence-electron chi connectivity index (χ0n) is 18.5. The van der Waals surface area contributed by atoms with Crippen LogP contribution in [0.2, 0.25) is 18.1 Å². The normalized spacial score (nSPS) is 18.3. The van der Waals surface area contributed by atoms with E-state index < -0.39 is 8.32 Å². The molecule has 0 spiro atoms. The minimum absolute atomic E-state index is 0.0147. The summed E-state index contributed by atoms with van der Waals surface area (Å²) in [5.74, 6) is 0. The summed E-state index contributed by atoms with van der Waals surface area (Å²) in [4.78, 5) is 4.94. The van der Waals surface area contributed by atoms with Crippen molar-refractivity contribution in [1.82, 2.24) is 19.2 Å². The number of fused-ring (bicyclic) bond motifs is 1. The first-order chi connectivity index (χ1) is 14.2. The first-order valence-corrected chi connectivity index (χ1v) is 14.3. The summed E-state index contributed by atoms with van der Waals surface area (Å²) < 4.78 is 17.5. The van der Waals surface area contributed by atoms with Gasteiger partial charge in [0.05, 0.1) is 18.0 Å². The maximum Gasteiger partial charge on any atom is 0.192 e. The van der Waals surface area contributed by atoms with Crippen LogP contribution in [-0.2, 0) is 15.8 Å². The summed E-state index contributed by atoms with van der Waals surface area (Å²) in [6, 6.07) is 4.15. The van der Waals surface area contributed by atoms with Gasteiger partial charge in [0.15, 0.2) is 14.5 Å². The van der Waals surface area contributed by atoms with Crippen LogP contribution in [0.5, 0.6) is 0 Å². The Hall–Kier alpha value is -1.48. The maximum atomic E-state index is 6.40. The zero-order chi connectivity index (χ0) is 21.5. The quantitative estimate of drug-likeness (QED) is 0.400. The van der Waals surface area contributed by atoms with Crippen LogP contribution in [0.15, 0.2) is 35.2 Å². The Labute approximate surface area is 187 Å². The highest BCUT2D eigenvalue weighted by Crippen LogP contribution is 2.37. The number of pyridine rings is 1. The summed E-state index contributed by atoms with van der Waals surface area (Å²) in [6.45, 7) is 12.6. The maximum absolute atomic E-state index is 6.40. The average molecular weight is 492 g/mol. The Bertz CT molecular complexity index is 1030. The largest absolute Gasteiger partial charge is 0.411 e. The SMILES string of the molecule is CC(C)(C)[Si](C)(C)OCc1cn2cc(Br)cc(-c3ccnn3C3CCCCO3)c2n1. The first kappa shape index (κ1) is 21.7. The van der Waals surface area contributed by atoms with Gasteiger partial charge in [-0.1, -0.05) is 20.8 Å². The van der Waals surface area contributed by atoms with E-state index in [1.807, 2.05) is 23.1 Å². The average Bonchev–Trinajstić information content (AvgIpc) is 3.32. The van der Waals surface area contributed by atoms with E-state index in [9.17, 15) is 0 Å². The Morgan fingerprint density at radius 2 is 2.07 bits per heavy atom. The summed E-state index contributed by atoms with van der Waals surface area (Å²) >= 11 is 3.66. The Balaban J connectivity index is 1.68. The van der Waals surface area contributed by atoms with Gasteiger partial charge in [-0.3, -0.25) is 0 Å². The monoisotopic (exact) mass is 490 g/mol. The minimum atomic E-state index is -1.83. The summed E-state index contributed by atoms with van der Waals surface area (Å²) in [5, 5.41) is 4.75. The molecule has 1 saturated heterocycles. The molecule has 0 N–H and O–H groups in total. The first-order valence-electron chi connectivity index (χ1n) is 10.6. The molecule has 0 aromatic carbocycles. The van der Waals surface area contributed by atoms with Crippen molar-refractivity contribution in [2.45, 2.75) is 71.0 Å². The lowest BCUT2D eigenvalue weighted by atomic mass is 10.1. The van der Waals surface area contributed by atoms with Crippen LogP contribution < -0.4 is 0 Å². The second-order valence-corrected chi connectivity index (χ2v) is 15.3. The van der Waals surface area contributed by atoms with Crippen LogP contribution in [0.4, 0.5) is 0 Å². The van der Waals surface area contributed by atoms with E-state index in [-0.39, 0.29) is 11.3 Å². The lowest BCUT2D eigenvalue weighted by molar-refractivity contribution is -0.0383. The molecule has 1 aliphatic heterocycles. The van der Waals surface area contributed by atoms with E-state index in [0.29, 0.717) is 6.61 Å². The van der Waals surface area contributed by atoms with Gasteiger partial charge in [0.25, 0.3) is 0 Å². The van der Waals surface area contributed by atoms with Gasteiger partial charge in [-0.05, 0) is 65.5 Å². The van der Waals surface area contributed by atoms with Crippen molar-refractivity contribution in [2.24, 2.45) is 0 Å². The molecule has 0 aliphatic carbocycles. The number of rotatable bonds is 5. The summed E-state index contributed by atoms with van der Waals surface area (Å²) in [5.41, 5.74) is 3.91. The number of aromatic nitrogens is 4. The van der Waals surface area contributed by atoms with Crippen LogP contribution in [0, 0.1) is 0 Å². The van der Waals surface area contributed by atoms with Crippen LogP contribution in [0.1, 0.15) is 52.0 Å². The standard InChI is InChI=1S/C22H31BrN4O2Si/c1-22(2,3)30(4,5)29-15-17-14-26-13-16(23)12-18(21(26)25-17)19-9-10-24-27(19)20-8-6-7-11-28-20/h9-10,12-14,20H,6-8,11,15H2,1-5H3. The molecule has 1 unspecified atom stereocenters. The Morgan fingerprint density at radius 1 is 1.27 bits per heavy atom. The number of halogens is 1. The third-order valence-electron chi connectivity index (χ3n) is 6.33. The van der Waals surface area contributed by atoms with E-state index >= 15 is 0 Å². The lowest BCUT2D eigenvalue weighted by Gasteiger charge is -2.35. The highest BCUT2D eigenvalue weighted by Gasteiger charge is 2.37. The van der Waals surface area contributed by atoms with Crippen molar-refractivity contribution in [3.63, 3.8) is 0 Å². The molecule has 3 aromatic rings. The van der Waals surface area contributed by atoms with Gasteiger partial charge in [-0.2, -0.15) is 5.10 Å². The molecule has 8 heteroatoms. The predicted molar refractivity (Wildman–Crippen MR) is 125 cm³/mol. The van der Waals surface area contributed by atoms with Crippen LogP contribution in [0.3, 0.4) is 0 Å². The molecule has 1 aliphatic rings. The van der Waals surface area contributed by atoms with Crippen molar-refractivity contribution in [3.8, 4) is 11.3 Å². The third-order valence-corrected chi connectivity index (χ3v) is 11.2. The zero-order valence-corrected chi connectivity index (χ0v) is 21.1. The number of ether oxygens (including phenoxy) is 1. The highest BCUT2D eigenvalue weighted by molar-refractivity contribution is 9.10. The predicted octanol–water partition coefficient (Wildman–Crippen LogP) is 6.18. The fraction of sp³-hybridized carbons (Fsp3) is 0.545. The van der Waals surface area contributed by atoms with Crippen molar-refractivity contribution in [2.75, 3.05) is 6.61 Å². The third kappa shape index (κ3) is 4.28.